The Morgan fingerprint density at radius 2 is 2.00 bits per heavy atom. The maximum absolute atomic E-state index is 11.6. The molecule has 6 heteroatoms. The van der Waals surface area contributed by atoms with Crippen LogP contribution in [0.1, 0.15) is 26.7 Å². The summed E-state index contributed by atoms with van der Waals surface area (Å²) in [6.07, 6.45) is 0.837. The largest absolute Gasteiger partial charge is 0.480 e. The van der Waals surface area contributed by atoms with Crippen LogP contribution in [0.25, 0.3) is 0 Å². The van der Waals surface area contributed by atoms with Crippen LogP contribution in [0.3, 0.4) is 0 Å². The Labute approximate surface area is 95.2 Å². The molecule has 0 fully saturated rings. The standard InChI is InChI=1S/C10H20N2O4/c1-3-8(9(14)15)11-10(16)12(4-2)6-5-7-13/h8,13H,3-7H2,1-2H3,(H,11,16)(H,14,15). The van der Waals surface area contributed by atoms with Crippen LogP contribution in [0.15, 0.2) is 0 Å². The summed E-state index contributed by atoms with van der Waals surface area (Å²) in [4.78, 5) is 23.8. The van der Waals surface area contributed by atoms with E-state index in [-0.39, 0.29) is 6.61 Å². The predicted octanol–water partition coefficient (Wildman–Crippen LogP) is 0.263. The summed E-state index contributed by atoms with van der Waals surface area (Å²) in [5.74, 6) is -1.03. The molecule has 1 unspecified atom stereocenters. The number of aliphatic hydroxyl groups excluding tert-OH is 1. The lowest BCUT2D eigenvalue weighted by Crippen LogP contribution is -2.48. The van der Waals surface area contributed by atoms with E-state index in [4.69, 9.17) is 10.2 Å². The van der Waals surface area contributed by atoms with Gasteiger partial charge in [-0.25, -0.2) is 9.59 Å². The molecule has 0 aliphatic carbocycles. The molecule has 0 saturated heterocycles. The van der Waals surface area contributed by atoms with E-state index in [1.54, 1.807) is 13.8 Å². The van der Waals surface area contributed by atoms with E-state index in [2.05, 4.69) is 5.32 Å². The van der Waals surface area contributed by atoms with Crippen molar-refractivity contribution >= 4 is 12.0 Å². The Balaban J connectivity index is 4.23. The molecule has 0 heterocycles. The number of carbonyl (C=O) groups excluding carboxylic acids is 1. The van der Waals surface area contributed by atoms with Crippen LogP contribution in [-0.4, -0.2) is 52.9 Å². The third-order valence-electron chi connectivity index (χ3n) is 2.26. The number of urea groups is 1. The highest BCUT2D eigenvalue weighted by molar-refractivity contribution is 5.82. The topological polar surface area (TPSA) is 89.9 Å². The molecule has 0 aliphatic rings. The Hall–Kier alpha value is -1.30. The van der Waals surface area contributed by atoms with E-state index < -0.39 is 18.0 Å². The summed E-state index contributed by atoms with van der Waals surface area (Å²) < 4.78 is 0. The third kappa shape index (κ3) is 4.97. The Morgan fingerprint density at radius 1 is 1.38 bits per heavy atom. The number of nitrogens with one attached hydrogen (secondary N) is 1. The molecular weight excluding hydrogens is 212 g/mol. The second-order valence-corrected chi connectivity index (χ2v) is 3.41. The number of carbonyl (C=O) groups is 2. The van der Waals surface area contributed by atoms with Gasteiger partial charge < -0.3 is 20.4 Å². The van der Waals surface area contributed by atoms with Crippen LogP contribution >= 0.6 is 0 Å². The highest BCUT2D eigenvalue weighted by Gasteiger charge is 2.20. The fourth-order valence-electron chi connectivity index (χ4n) is 1.24. The van der Waals surface area contributed by atoms with Gasteiger partial charge in [-0.05, 0) is 19.8 Å². The highest BCUT2D eigenvalue weighted by atomic mass is 16.4. The van der Waals surface area contributed by atoms with Crippen LogP contribution in [0, 0.1) is 0 Å². The van der Waals surface area contributed by atoms with Gasteiger partial charge in [0.25, 0.3) is 0 Å². The lowest BCUT2D eigenvalue weighted by atomic mass is 10.2. The molecule has 3 N–H and O–H groups in total. The van der Waals surface area contributed by atoms with E-state index in [9.17, 15) is 9.59 Å². The second-order valence-electron chi connectivity index (χ2n) is 3.41. The van der Waals surface area contributed by atoms with E-state index in [0.717, 1.165) is 0 Å². The maximum atomic E-state index is 11.6. The van der Waals surface area contributed by atoms with Gasteiger partial charge in [-0.15, -0.1) is 0 Å². The van der Waals surface area contributed by atoms with Crippen LogP contribution in [0.5, 0.6) is 0 Å². The normalized spacial score (nSPS) is 11.9. The van der Waals surface area contributed by atoms with Crippen molar-refractivity contribution in [1.29, 1.82) is 0 Å². The number of amides is 2. The van der Waals surface area contributed by atoms with Gasteiger partial charge in [0, 0.05) is 19.7 Å². The van der Waals surface area contributed by atoms with E-state index in [1.807, 2.05) is 0 Å². The minimum Gasteiger partial charge on any atom is -0.480 e. The summed E-state index contributed by atoms with van der Waals surface area (Å²) in [5, 5.41) is 19.9. The van der Waals surface area contributed by atoms with Gasteiger partial charge in [-0.2, -0.15) is 0 Å². The number of nitrogens with zero attached hydrogens (tertiary/aromatic N) is 1. The number of aliphatic hydroxyl groups is 1. The zero-order chi connectivity index (χ0) is 12.6. The Kier molecular flexibility index (Phi) is 7.28. The zero-order valence-corrected chi connectivity index (χ0v) is 9.77. The lowest BCUT2D eigenvalue weighted by molar-refractivity contribution is -0.139. The fourth-order valence-corrected chi connectivity index (χ4v) is 1.24. The van der Waals surface area contributed by atoms with Crippen molar-refractivity contribution in [3.63, 3.8) is 0 Å². The smallest absolute Gasteiger partial charge is 0.326 e. The summed E-state index contributed by atoms with van der Waals surface area (Å²) >= 11 is 0. The quantitative estimate of drug-likeness (QED) is 0.587. The molecule has 0 bridgehead atoms. The minimum atomic E-state index is -1.03. The number of aliphatic carboxylic acids is 1. The number of rotatable bonds is 7. The molecule has 94 valence electrons. The number of hydrogen-bond acceptors (Lipinski definition) is 3. The zero-order valence-electron chi connectivity index (χ0n) is 9.77. The number of hydrogen-bond donors (Lipinski definition) is 3. The van der Waals surface area contributed by atoms with Gasteiger partial charge >= 0.3 is 12.0 Å². The summed E-state index contributed by atoms with van der Waals surface area (Å²) in [7, 11) is 0. The van der Waals surface area contributed by atoms with Crippen molar-refractivity contribution in [2.75, 3.05) is 19.7 Å². The van der Waals surface area contributed by atoms with Crippen molar-refractivity contribution in [2.45, 2.75) is 32.7 Å². The van der Waals surface area contributed by atoms with Crippen molar-refractivity contribution in [3.05, 3.63) is 0 Å². The van der Waals surface area contributed by atoms with Crippen LogP contribution in [0.4, 0.5) is 4.79 Å². The first kappa shape index (κ1) is 14.7. The second kappa shape index (κ2) is 7.92. The van der Waals surface area contributed by atoms with E-state index in [1.165, 1.54) is 4.90 Å². The minimum absolute atomic E-state index is 0.0138. The molecule has 0 rings (SSSR count). The number of carboxylic acids is 1. The van der Waals surface area contributed by atoms with Gasteiger partial charge in [0.15, 0.2) is 0 Å². The average molecular weight is 232 g/mol. The molecule has 6 nitrogen and oxygen atoms in total. The summed E-state index contributed by atoms with van der Waals surface area (Å²) in [6, 6.07) is -1.25. The Bertz CT molecular complexity index is 233. The SMILES string of the molecule is CCC(NC(=O)N(CC)CCCO)C(=O)O. The molecule has 0 aromatic carbocycles. The van der Waals surface area contributed by atoms with Gasteiger partial charge in [0.05, 0.1) is 0 Å². The van der Waals surface area contributed by atoms with Crippen molar-refractivity contribution < 1.29 is 19.8 Å². The molecule has 16 heavy (non-hydrogen) atoms. The molecule has 1 atom stereocenters. The number of carboxylic acid groups (broad SMARTS) is 1. The van der Waals surface area contributed by atoms with Crippen molar-refractivity contribution in [3.8, 4) is 0 Å². The molecule has 0 aliphatic heterocycles. The molecule has 0 aromatic rings. The van der Waals surface area contributed by atoms with Gasteiger partial charge in [-0.3, -0.25) is 0 Å². The molecule has 2 amide bonds. The van der Waals surface area contributed by atoms with Crippen LogP contribution < -0.4 is 5.32 Å². The third-order valence-corrected chi connectivity index (χ3v) is 2.26. The van der Waals surface area contributed by atoms with Crippen molar-refractivity contribution in [1.82, 2.24) is 10.2 Å². The fraction of sp³-hybridized carbons (Fsp3) is 0.800. The monoisotopic (exact) mass is 232 g/mol. The molecule has 0 aromatic heterocycles. The Morgan fingerprint density at radius 3 is 2.38 bits per heavy atom. The average Bonchev–Trinajstić information content (AvgIpc) is 2.26. The summed E-state index contributed by atoms with van der Waals surface area (Å²) in [6.45, 7) is 4.43. The van der Waals surface area contributed by atoms with E-state index in [0.29, 0.717) is 25.9 Å². The van der Waals surface area contributed by atoms with Gasteiger partial charge in [0.1, 0.15) is 6.04 Å². The van der Waals surface area contributed by atoms with Crippen molar-refractivity contribution in [2.24, 2.45) is 0 Å². The lowest BCUT2D eigenvalue weighted by Gasteiger charge is -2.23. The molecular formula is C10H20N2O4. The molecule has 0 spiro atoms. The maximum Gasteiger partial charge on any atom is 0.326 e. The first-order valence-electron chi connectivity index (χ1n) is 5.45. The van der Waals surface area contributed by atoms with Gasteiger partial charge in [-0.1, -0.05) is 6.92 Å². The molecule has 0 radical (unpaired) electrons. The first-order chi connectivity index (χ1) is 7.56. The van der Waals surface area contributed by atoms with Crippen LogP contribution in [-0.2, 0) is 4.79 Å². The predicted molar refractivity (Wildman–Crippen MR) is 59.2 cm³/mol. The van der Waals surface area contributed by atoms with Crippen LogP contribution in [0.2, 0.25) is 0 Å². The molecule has 0 saturated carbocycles. The first-order valence-corrected chi connectivity index (χ1v) is 5.45. The van der Waals surface area contributed by atoms with Gasteiger partial charge in [0.2, 0.25) is 0 Å². The summed E-state index contributed by atoms with van der Waals surface area (Å²) in [5.41, 5.74) is 0. The highest BCUT2D eigenvalue weighted by Crippen LogP contribution is 1.96. The van der Waals surface area contributed by atoms with E-state index >= 15 is 0 Å².